The molecule has 0 fully saturated rings. The maximum Gasteiger partial charge on any atom is 0.363 e. The summed E-state index contributed by atoms with van der Waals surface area (Å²) in [4.78, 5) is 15.4. The van der Waals surface area contributed by atoms with Crippen LogP contribution < -0.4 is 0 Å². The Labute approximate surface area is 94.5 Å². The molecule has 1 aliphatic heterocycles. The van der Waals surface area contributed by atoms with E-state index in [1.165, 1.54) is 5.56 Å². The number of hydrogen-bond acceptors (Lipinski definition) is 3. The molecule has 0 aliphatic carbocycles. The first-order valence-electron chi connectivity index (χ1n) is 5.12. The van der Waals surface area contributed by atoms with Gasteiger partial charge in [-0.15, -0.1) is 0 Å². The Balaban J connectivity index is 2.40. The minimum Gasteiger partial charge on any atom is -0.407 e. The van der Waals surface area contributed by atoms with Gasteiger partial charge in [-0.1, -0.05) is 23.8 Å². The zero-order chi connectivity index (χ0) is 11.7. The van der Waals surface area contributed by atoms with Crippen molar-refractivity contribution in [1.29, 1.82) is 0 Å². The van der Waals surface area contributed by atoms with E-state index in [1.54, 1.807) is 13.0 Å². The lowest BCUT2D eigenvalue weighted by Gasteiger charge is -2.01. The Hall–Kier alpha value is -1.90. The van der Waals surface area contributed by atoms with E-state index >= 15 is 0 Å². The molecule has 1 aromatic carbocycles. The molecule has 0 aromatic heterocycles. The van der Waals surface area contributed by atoms with Crippen molar-refractivity contribution in [2.24, 2.45) is 4.99 Å². The van der Waals surface area contributed by atoms with Crippen LogP contribution in [0.5, 0.6) is 0 Å². The zero-order valence-corrected chi connectivity index (χ0v) is 9.57. The lowest BCUT2D eigenvalue weighted by molar-refractivity contribution is -0.130. The van der Waals surface area contributed by atoms with Gasteiger partial charge in [-0.3, -0.25) is 0 Å². The van der Waals surface area contributed by atoms with Gasteiger partial charge in [0.2, 0.25) is 0 Å². The molecule has 3 nitrogen and oxygen atoms in total. The number of hydrogen-bond donors (Lipinski definition) is 0. The number of carbonyl (C=O) groups is 1. The molecule has 0 saturated carbocycles. The highest BCUT2D eigenvalue weighted by Crippen LogP contribution is 2.18. The second kappa shape index (κ2) is 3.93. The highest BCUT2D eigenvalue weighted by atomic mass is 16.6. The van der Waals surface area contributed by atoms with Crippen LogP contribution in [0.15, 0.2) is 28.9 Å². The predicted molar refractivity (Wildman–Crippen MR) is 63.1 cm³/mol. The van der Waals surface area contributed by atoms with Crippen LogP contribution >= 0.6 is 0 Å². The van der Waals surface area contributed by atoms with Crippen molar-refractivity contribution in [3.05, 3.63) is 40.6 Å². The Kier molecular flexibility index (Phi) is 2.60. The summed E-state index contributed by atoms with van der Waals surface area (Å²) >= 11 is 0. The van der Waals surface area contributed by atoms with Gasteiger partial charge in [-0.2, -0.15) is 0 Å². The van der Waals surface area contributed by atoms with Crippen molar-refractivity contribution < 1.29 is 9.53 Å². The van der Waals surface area contributed by atoms with Crippen LogP contribution in [0.1, 0.15) is 23.6 Å². The Morgan fingerprint density at radius 2 is 2.00 bits per heavy atom. The number of benzene rings is 1. The molecule has 0 atom stereocenters. The van der Waals surface area contributed by atoms with E-state index in [0.29, 0.717) is 11.6 Å². The van der Waals surface area contributed by atoms with Gasteiger partial charge in [0, 0.05) is 6.92 Å². The summed E-state index contributed by atoms with van der Waals surface area (Å²) in [5, 5.41) is 0. The molecule has 0 saturated heterocycles. The van der Waals surface area contributed by atoms with E-state index in [1.807, 2.05) is 26.0 Å². The third kappa shape index (κ3) is 2.03. The number of aliphatic imine (C=N–C) groups is 1. The maximum absolute atomic E-state index is 11.4. The van der Waals surface area contributed by atoms with Gasteiger partial charge >= 0.3 is 5.97 Å². The first kappa shape index (κ1) is 10.6. The fourth-order valence-corrected chi connectivity index (χ4v) is 1.65. The van der Waals surface area contributed by atoms with Gasteiger partial charge in [-0.25, -0.2) is 9.79 Å². The molecule has 0 bridgehead atoms. The molecule has 0 radical (unpaired) electrons. The lowest BCUT2D eigenvalue weighted by atomic mass is 10.0. The normalized spacial score (nSPS) is 17.6. The van der Waals surface area contributed by atoms with E-state index in [4.69, 9.17) is 4.74 Å². The summed E-state index contributed by atoms with van der Waals surface area (Å²) in [6.45, 7) is 5.72. The molecule has 16 heavy (non-hydrogen) atoms. The predicted octanol–water partition coefficient (Wildman–Crippen LogP) is 2.62. The van der Waals surface area contributed by atoms with Crippen molar-refractivity contribution in [1.82, 2.24) is 0 Å². The van der Waals surface area contributed by atoms with Gasteiger partial charge in [0.05, 0.1) is 0 Å². The van der Waals surface area contributed by atoms with E-state index in [2.05, 4.69) is 11.1 Å². The van der Waals surface area contributed by atoms with E-state index in [9.17, 15) is 4.79 Å². The van der Waals surface area contributed by atoms with Crippen molar-refractivity contribution >= 4 is 17.9 Å². The molecular formula is C13H13NO2. The minimum absolute atomic E-state index is 0.365. The van der Waals surface area contributed by atoms with Gasteiger partial charge < -0.3 is 4.74 Å². The molecule has 1 heterocycles. The van der Waals surface area contributed by atoms with Crippen molar-refractivity contribution in [3.8, 4) is 0 Å². The quantitative estimate of drug-likeness (QED) is 0.533. The lowest BCUT2D eigenvalue weighted by Crippen LogP contribution is -2.00. The summed E-state index contributed by atoms with van der Waals surface area (Å²) < 4.78 is 4.85. The summed E-state index contributed by atoms with van der Waals surface area (Å²) in [5.74, 6) is 0.0264. The summed E-state index contributed by atoms with van der Waals surface area (Å²) in [5.41, 5.74) is 3.69. The van der Waals surface area contributed by atoms with E-state index in [-0.39, 0.29) is 5.97 Å². The third-order valence-electron chi connectivity index (χ3n) is 2.44. The Morgan fingerprint density at radius 3 is 2.56 bits per heavy atom. The summed E-state index contributed by atoms with van der Waals surface area (Å²) in [6.07, 6.45) is 1.76. The van der Waals surface area contributed by atoms with Crippen LogP contribution in [0.4, 0.5) is 0 Å². The van der Waals surface area contributed by atoms with E-state index in [0.717, 1.165) is 11.1 Å². The molecule has 0 amide bonds. The fourth-order valence-electron chi connectivity index (χ4n) is 1.65. The van der Waals surface area contributed by atoms with Crippen molar-refractivity contribution in [3.63, 3.8) is 0 Å². The van der Waals surface area contributed by atoms with Crippen LogP contribution in [0, 0.1) is 13.8 Å². The molecule has 1 aliphatic rings. The SMILES string of the molecule is CC1=NC(=Cc2ccc(C)cc2C)C(=O)O1. The molecule has 3 heteroatoms. The molecule has 0 N–H and O–H groups in total. The first-order valence-corrected chi connectivity index (χ1v) is 5.12. The fraction of sp³-hybridized carbons (Fsp3) is 0.231. The number of rotatable bonds is 1. The second-order valence-corrected chi connectivity index (χ2v) is 3.91. The number of cyclic esters (lactones) is 1. The van der Waals surface area contributed by atoms with E-state index < -0.39 is 0 Å². The molecule has 2 rings (SSSR count). The molecule has 82 valence electrons. The first-order chi connectivity index (χ1) is 7.56. The van der Waals surface area contributed by atoms with Crippen molar-refractivity contribution in [2.75, 3.05) is 0 Å². The summed E-state index contributed by atoms with van der Waals surface area (Å²) in [6, 6.07) is 6.06. The molecule has 0 unspecified atom stereocenters. The van der Waals surface area contributed by atoms with Crippen LogP contribution in [0.25, 0.3) is 6.08 Å². The van der Waals surface area contributed by atoms with Crippen LogP contribution in [0.2, 0.25) is 0 Å². The summed E-state index contributed by atoms with van der Waals surface area (Å²) in [7, 11) is 0. The maximum atomic E-state index is 11.4. The number of aryl methyl sites for hydroxylation is 2. The monoisotopic (exact) mass is 215 g/mol. The topological polar surface area (TPSA) is 38.7 Å². The van der Waals surface area contributed by atoms with Crippen LogP contribution in [-0.4, -0.2) is 11.9 Å². The molecule has 0 spiro atoms. The second-order valence-electron chi connectivity index (χ2n) is 3.91. The van der Waals surface area contributed by atoms with Crippen LogP contribution in [-0.2, 0) is 9.53 Å². The average Bonchev–Trinajstić information content (AvgIpc) is 2.50. The van der Waals surface area contributed by atoms with Crippen molar-refractivity contribution in [2.45, 2.75) is 20.8 Å². The Bertz CT molecular complexity index is 513. The molecular weight excluding hydrogens is 202 g/mol. The number of esters is 1. The van der Waals surface area contributed by atoms with Gasteiger partial charge in [0.15, 0.2) is 11.6 Å². The van der Waals surface area contributed by atoms with Gasteiger partial charge in [0.1, 0.15) is 0 Å². The smallest absolute Gasteiger partial charge is 0.363 e. The Morgan fingerprint density at radius 1 is 1.25 bits per heavy atom. The minimum atomic E-state index is -0.377. The average molecular weight is 215 g/mol. The van der Waals surface area contributed by atoms with Gasteiger partial charge in [0.25, 0.3) is 0 Å². The molecule has 1 aromatic rings. The number of carbonyl (C=O) groups excluding carboxylic acids is 1. The highest BCUT2D eigenvalue weighted by molar-refractivity contribution is 6.06. The standard InChI is InChI=1S/C13H13NO2/c1-8-4-5-11(9(2)6-8)7-12-13(15)16-10(3)14-12/h4-7H,1-3H3. The van der Waals surface area contributed by atoms with Gasteiger partial charge in [-0.05, 0) is 31.1 Å². The third-order valence-corrected chi connectivity index (χ3v) is 2.44. The van der Waals surface area contributed by atoms with Crippen LogP contribution in [0.3, 0.4) is 0 Å². The number of nitrogens with zero attached hydrogens (tertiary/aromatic N) is 1. The highest BCUT2D eigenvalue weighted by Gasteiger charge is 2.19. The number of ether oxygens (including phenoxy) is 1. The largest absolute Gasteiger partial charge is 0.407 e. The zero-order valence-electron chi connectivity index (χ0n) is 9.57.